The Hall–Kier alpha value is -2.05. The molecule has 0 saturated carbocycles. The lowest BCUT2D eigenvalue weighted by molar-refractivity contribution is 0.0955. The monoisotopic (exact) mass is 526 g/mol. The molecule has 0 spiro atoms. The molecule has 0 fully saturated rings. The van der Waals surface area contributed by atoms with Gasteiger partial charge < -0.3 is 9.47 Å². The van der Waals surface area contributed by atoms with E-state index in [-0.39, 0.29) is 12.5 Å². The van der Waals surface area contributed by atoms with Crippen LogP contribution in [0, 0.1) is 15.9 Å². The molecule has 0 radical (unpaired) electrons. The molecule has 0 unspecified atom stereocenters. The van der Waals surface area contributed by atoms with Gasteiger partial charge in [-0.25, -0.2) is 5.43 Å². The summed E-state index contributed by atoms with van der Waals surface area (Å²) >= 11 is 5.62. The first-order valence-corrected chi connectivity index (χ1v) is 9.54. The second kappa shape index (κ2) is 10.2. The zero-order chi connectivity index (χ0) is 18.9. The molecule has 1 N–H and O–H groups in total. The van der Waals surface area contributed by atoms with Crippen LogP contribution in [0.15, 0.2) is 46.0 Å². The molecule has 0 aliphatic rings. The molecule has 0 atom stereocenters. The van der Waals surface area contributed by atoms with Crippen molar-refractivity contribution in [2.24, 2.45) is 5.10 Å². The van der Waals surface area contributed by atoms with Crippen molar-refractivity contribution in [2.75, 3.05) is 13.2 Å². The van der Waals surface area contributed by atoms with Crippen LogP contribution < -0.4 is 14.9 Å². The van der Waals surface area contributed by atoms with E-state index in [4.69, 9.17) is 15.9 Å². The number of hydrazone groups is 1. The average Bonchev–Trinajstić information content (AvgIpc) is 2.62. The molecule has 134 valence electrons. The van der Waals surface area contributed by atoms with E-state index in [9.17, 15) is 4.79 Å². The first kappa shape index (κ1) is 20.3. The quantitative estimate of drug-likeness (QED) is 0.254. The molecule has 0 saturated heterocycles. The lowest BCUT2D eigenvalue weighted by Crippen LogP contribution is -2.17. The summed E-state index contributed by atoms with van der Waals surface area (Å²) in [7, 11) is 0. The van der Waals surface area contributed by atoms with Crippen molar-refractivity contribution in [1.82, 2.24) is 5.43 Å². The highest BCUT2D eigenvalue weighted by molar-refractivity contribution is 14.1. The van der Waals surface area contributed by atoms with Gasteiger partial charge in [0.2, 0.25) is 0 Å². The number of nitrogens with one attached hydrogen (secondary N) is 1. The van der Waals surface area contributed by atoms with Gasteiger partial charge >= 0.3 is 0 Å². The number of amides is 1. The highest BCUT2D eigenvalue weighted by Gasteiger charge is 2.11. The fourth-order valence-corrected chi connectivity index (χ4v) is 2.94. The number of nitrogens with zero attached hydrogens (tertiary/aromatic N) is 1. The molecule has 0 aliphatic heterocycles. The number of benzene rings is 2. The minimum Gasteiger partial charge on any atom is -0.490 e. The average molecular weight is 527 g/mol. The van der Waals surface area contributed by atoms with Crippen molar-refractivity contribution in [3.63, 3.8) is 0 Å². The first-order chi connectivity index (χ1) is 12.5. The third-order valence-electron chi connectivity index (χ3n) is 3.12. The second-order valence-corrected chi connectivity index (χ2v) is 7.06. The molecule has 0 bridgehead atoms. The van der Waals surface area contributed by atoms with Gasteiger partial charge in [0.05, 0.1) is 17.3 Å². The Bertz CT molecular complexity index is 845. The van der Waals surface area contributed by atoms with E-state index in [0.29, 0.717) is 28.1 Å². The van der Waals surface area contributed by atoms with Crippen LogP contribution in [0.5, 0.6) is 11.5 Å². The van der Waals surface area contributed by atoms with E-state index in [1.165, 1.54) is 6.21 Å². The van der Waals surface area contributed by atoms with Crippen molar-refractivity contribution in [1.29, 1.82) is 0 Å². The number of rotatable bonds is 7. The van der Waals surface area contributed by atoms with Gasteiger partial charge in [0.1, 0.15) is 6.61 Å². The van der Waals surface area contributed by atoms with Gasteiger partial charge in [-0.1, -0.05) is 5.92 Å². The molecule has 2 aromatic rings. The number of carbonyl (C=O) groups is 1. The number of halogens is 2. The van der Waals surface area contributed by atoms with Crippen LogP contribution in [-0.2, 0) is 0 Å². The summed E-state index contributed by atoms with van der Waals surface area (Å²) in [5, 5.41) is 4.00. The summed E-state index contributed by atoms with van der Waals surface area (Å²) in [4.78, 5) is 12.1. The van der Waals surface area contributed by atoms with E-state index in [0.717, 1.165) is 9.13 Å². The van der Waals surface area contributed by atoms with Crippen molar-refractivity contribution >= 4 is 50.6 Å². The summed E-state index contributed by atoms with van der Waals surface area (Å²) in [5.74, 6) is 3.21. The summed E-state index contributed by atoms with van der Waals surface area (Å²) in [6.07, 6.45) is 6.77. The van der Waals surface area contributed by atoms with Gasteiger partial charge in [0, 0.05) is 9.13 Å². The van der Waals surface area contributed by atoms with Crippen LogP contribution >= 0.6 is 38.5 Å². The van der Waals surface area contributed by atoms with Crippen molar-refractivity contribution in [3.05, 3.63) is 55.6 Å². The van der Waals surface area contributed by atoms with Crippen LogP contribution in [0.1, 0.15) is 22.8 Å². The van der Waals surface area contributed by atoms with Crippen molar-refractivity contribution in [3.8, 4) is 23.8 Å². The Balaban J connectivity index is 2.12. The maximum absolute atomic E-state index is 12.1. The minimum atomic E-state index is -0.282. The zero-order valence-corrected chi connectivity index (χ0v) is 17.7. The molecular weight excluding hydrogens is 511 g/mol. The third-order valence-corrected chi connectivity index (χ3v) is 4.43. The van der Waals surface area contributed by atoms with Crippen LogP contribution in [-0.4, -0.2) is 25.3 Å². The minimum absolute atomic E-state index is 0.137. The molecule has 26 heavy (non-hydrogen) atoms. The van der Waals surface area contributed by atoms with Crippen molar-refractivity contribution in [2.45, 2.75) is 6.92 Å². The summed E-state index contributed by atoms with van der Waals surface area (Å²) in [5.41, 5.74) is 3.77. The molecule has 5 nitrogen and oxygen atoms in total. The standard InChI is InChI=1S/C19H16BrIN2O3/c1-3-9-26-18-16(20)10-13(11-17(18)25-4-2)12-22-23-19(24)14-5-7-15(21)8-6-14/h1,5-8,10-12H,4,9H2,2H3,(H,23,24)/b22-12-. The van der Waals surface area contributed by atoms with E-state index in [1.54, 1.807) is 24.3 Å². The molecule has 0 aliphatic carbocycles. The number of hydrogen-bond donors (Lipinski definition) is 1. The molecule has 1 amide bonds. The highest BCUT2D eigenvalue weighted by atomic mass is 127. The number of terminal acetylenes is 1. The maximum Gasteiger partial charge on any atom is 0.271 e. The van der Waals surface area contributed by atoms with E-state index in [2.05, 4.69) is 55.0 Å². The fourth-order valence-electron chi connectivity index (χ4n) is 2.01. The Kier molecular flexibility index (Phi) is 7.94. The molecule has 7 heteroatoms. The number of ether oxygens (including phenoxy) is 2. The molecule has 0 heterocycles. The SMILES string of the molecule is C#CCOc1c(Br)cc(/C=N\NC(=O)c2ccc(I)cc2)cc1OCC. The van der Waals surface area contributed by atoms with Crippen LogP contribution in [0.2, 0.25) is 0 Å². The third kappa shape index (κ3) is 5.75. The first-order valence-electron chi connectivity index (χ1n) is 7.66. The molecule has 2 rings (SSSR count). The van der Waals surface area contributed by atoms with Crippen LogP contribution in [0.4, 0.5) is 0 Å². The highest BCUT2D eigenvalue weighted by Crippen LogP contribution is 2.36. The van der Waals surface area contributed by atoms with Gasteiger partial charge in [0.15, 0.2) is 11.5 Å². The largest absolute Gasteiger partial charge is 0.490 e. The van der Waals surface area contributed by atoms with Gasteiger partial charge in [0.25, 0.3) is 5.91 Å². The topological polar surface area (TPSA) is 59.9 Å². The fraction of sp³-hybridized carbons (Fsp3) is 0.158. The molecule has 2 aromatic carbocycles. The molecule has 0 aromatic heterocycles. The Labute approximate surface area is 174 Å². The normalized spacial score (nSPS) is 10.4. The predicted molar refractivity (Wildman–Crippen MR) is 114 cm³/mol. The van der Waals surface area contributed by atoms with E-state index >= 15 is 0 Å². The van der Waals surface area contributed by atoms with Crippen molar-refractivity contribution < 1.29 is 14.3 Å². The summed E-state index contributed by atoms with van der Waals surface area (Å²) in [6, 6.07) is 10.8. The van der Waals surface area contributed by atoms with E-state index in [1.807, 2.05) is 19.1 Å². The van der Waals surface area contributed by atoms with Gasteiger partial charge in [-0.05, 0) is 87.4 Å². The Morgan fingerprint density at radius 1 is 1.35 bits per heavy atom. The Morgan fingerprint density at radius 2 is 2.08 bits per heavy atom. The zero-order valence-electron chi connectivity index (χ0n) is 14.0. The summed E-state index contributed by atoms with van der Waals surface area (Å²) in [6.45, 7) is 2.49. The van der Waals surface area contributed by atoms with Gasteiger partial charge in [-0.2, -0.15) is 5.10 Å². The Morgan fingerprint density at radius 3 is 2.73 bits per heavy atom. The van der Waals surface area contributed by atoms with Crippen LogP contribution in [0.3, 0.4) is 0 Å². The second-order valence-electron chi connectivity index (χ2n) is 4.96. The lowest BCUT2D eigenvalue weighted by Gasteiger charge is -2.13. The number of carbonyl (C=O) groups excluding carboxylic acids is 1. The maximum atomic E-state index is 12.1. The summed E-state index contributed by atoms with van der Waals surface area (Å²) < 4.78 is 12.8. The predicted octanol–water partition coefficient (Wildman–Crippen LogP) is 4.23. The number of hydrogen-bond acceptors (Lipinski definition) is 4. The van der Waals surface area contributed by atoms with Gasteiger partial charge in [-0.3, -0.25) is 4.79 Å². The van der Waals surface area contributed by atoms with Crippen LogP contribution in [0.25, 0.3) is 0 Å². The van der Waals surface area contributed by atoms with E-state index < -0.39 is 0 Å². The smallest absolute Gasteiger partial charge is 0.271 e. The van der Waals surface area contributed by atoms with Gasteiger partial charge in [-0.15, -0.1) is 6.42 Å². The molecular formula is C19H16BrIN2O3. The lowest BCUT2D eigenvalue weighted by atomic mass is 10.2.